The molecule has 3 rings (SSSR count). The molecule has 1 fully saturated rings. The summed E-state index contributed by atoms with van der Waals surface area (Å²) in [5.74, 6) is -0.159. The van der Waals surface area contributed by atoms with Gasteiger partial charge >= 0.3 is 5.97 Å². The number of ether oxygens (including phenoxy) is 2. The Bertz CT molecular complexity index is 428. The van der Waals surface area contributed by atoms with Gasteiger partial charge < -0.3 is 14.8 Å². The third kappa shape index (κ3) is 2.18. The molecule has 1 aromatic rings. The highest BCUT2D eigenvalue weighted by Gasteiger charge is 2.29. The molecule has 4 nitrogen and oxygen atoms in total. The minimum atomic E-state index is -0.217. The Balaban J connectivity index is 1.64. The average molecular weight is 233 g/mol. The molecule has 2 aliphatic rings. The van der Waals surface area contributed by atoms with Crippen LogP contribution in [0.1, 0.15) is 11.1 Å². The van der Waals surface area contributed by atoms with E-state index in [0.29, 0.717) is 19.6 Å². The lowest BCUT2D eigenvalue weighted by atomic mass is 9.96. The van der Waals surface area contributed by atoms with Crippen LogP contribution in [0.5, 0.6) is 0 Å². The first-order valence-corrected chi connectivity index (χ1v) is 5.91. The highest BCUT2D eigenvalue weighted by atomic mass is 16.6. The number of esters is 1. The van der Waals surface area contributed by atoms with Crippen molar-refractivity contribution in [1.29, 1.82) is 0 Å². The number of fused-ring (bicyclic) bond motifs is 1. The van der Waals surface area contributed by atoms with E-state index in [1.807, 2.05) is 12.1 Å². The molecule has 17 heavy (non-hydrogen) atoms. The molecule has 1 aromatic carbocycles. The van der Waals surface area contributed by atoms with E-state index in [1.54, 1.807) is 0 Å². The maximum Gasteiger partial charge on any atom is 0.323 e. The molecule has 0 saturated carbocycles. The quantitative estimate of drug-likeness (QED) is 0.762. The molecule has 1 unspecified atom stereocenters. The third-order valence-corrected chi connectivity index (χ3v) is 3.26. The van der Waals surface area contributed by atoms with Gasteiger partial charge in [0.15, 0.2) is 0 Å². The van der Waals surface area contributed by atoms with Crippen LogP contribution < -0.4 is 5.32 Å². The van der Waals surface area contributed by atoms with Gasteiger partial charge in [-0.2, -0.15) is 0 Å². The highest BCUT2D eigenvalue weighted by Crippen LogP contribution is 2.17. The van der Waals surface area contributed by atoms with Crippen LogP contribution >= 0.6 is 0 Å². The summed E-state index contributed by atoms with van der Waals surface area (Å²) in [5.41, 5.74) is 2.50. The summed E-state index contributed by atoms with van der Waals surface area (Å²) in [6.45, 7) is 1.81. The zero-order chi connectivity index (χ0) is 11.7. The standard InChI is InChI=1S/C13H15NO3/c15-13(17-11-7-16-8-11)12-5-9-3-1-2-4-10(9)6-14-12/h1-4,11-12,14H,5-8H2. The number of carbonyl (C=O) groups excluding carboxylic acids is 1. The summed E-state index contributed by atoms with van der Waals surface area (Å²) >= 11 is 0. The number of benzene rings is 1. The van der Waals surface area contributed by atoms with E-state index in [1.165, 1.54) is 11.1 Å². The lowest BCUT2D eigenvalue weighted by molar-refractivity contribution is -0.174. The molecule has 0 bridgehead atoms. The Kier molecular flexibility index (Phi) is 2.82. The third-order valence-electron chi connectivity index (χ3n) is 3.26. The zero-order valence-corrected chi connectivity index (χ0v) is 9.52. The fraction of sp³-hybridized carbons (Fsp3) is 0.462. The molecule has 1 N–H and O–H groups in total. The molecular weight excluding hydrogens is 218 g/mol. The second-order valence-electron chi connectivity index (χ2n) is 4.50. The van der Waals surface area contributed by atoms with Crippen molar-refractivity contribution in [2.45, 2.75) is 25.1 Å². The Morgan fingerprint density at radius 2 is 2.06 bits per heavy atom. The van der Waals surface area contributed by atoms with Crippen molar-refractivity contribution in [3.63, 3.8) is 0 Å². The maximum atomic E-state index is 11.9. The predicted molar refractivity (Wildman–Crippen MR) is 61.5 cm³/mol. The van der Waals surface area contributed by atoms with E-state index in [4.69, 9.17) is 9.47 Å². The summed E-state index contributed by atoms with van der Waals surface area (Å²) in [6.07, 6.45) is 0.671. The van der Waals surface area contributed by atoms with E-state index < -0.39 is 0 Å². The maximum absolute atomic E-state index is 11.9. The summed E-state index contributed by atoms with van der Waals surface area (Å²) < 4.78 is 10.3. The van der Waals surface area contributed by atoms with Crippen LogP contribution in [0.25, 0.3) is 0 Å². The highest BCUT2D eigenvalue weighted by molar-refractivity contribution is 5.77. The van der Waals surface area contributed by atoms with Crippen LogP contribution in [0.15, 0.2) is 24.3 Å². The van der Waals surface area contributed by atoms with Crippen LogP contribution in [-0.2, 0) is 27.2 Å². The fourth-order valence-corrected chi connectivity index (χ4v) is 2.15. The normalized spacial score (nSPS) is 23.6. The minimum absolute atomic E-state index is 0.0403. The molecular formula is C13H15NO3. The van der Waals surface area contributed by atoms with Gasteiger partial charge in [0.05, 0.1) is 13.2 Å². The molecule has 2 aliphatic heterocycles. The van der Waals surface area contributed by atoms with Crippen molar-refractivity contribution in [2.24, 2.45) is 0 Å². The minimum Gasteiger partial charge on any atom is -0.456 e. The first-order valence-electron chi connectivity index (χ1n) is 5.91. The van der Waals surface area contributed by atoms with Gasteiger partial charge in [0.1, 0.15) is 12.1 Å². The smallest absolute Gasteiger partial charge is 0.323 e. The Morgan fingerprint density at radius 3 is 2.76 bits per heavy atom. The molecule has 4 heteroatoms. The predicted octanol–water partition coefficient (Wildman–Crippen LogP) is 0.643. The average Bonchev–Trinajstić information content (AvgIpc) is 2.33. The lowest BCUT2D eigenvalue weighted by Crippen LogP contribution is -2.47. The SMILES string of the molecule is O=C(OC1COC1)C1Cc2ccccc2CN1. The molecule has 0 spiro atoms. The van der Waals surface area contributed by atoms with Gasteiger partial charge in [-0.3, -0.25) is 4.79 Å². The summed E-state index contributed by atoms with van der Waals surface area (Å²) in [6, 6.07) is 7.97. The fourth-order valence-electron chi connectivity index (χ4n) is 2.15. The van der Waals surface area contributed by atoms with E-state index in [9.17, 15) is 4.79 Å². The zero-order valence-electron chi connectivity index (χ0n) is 9.52. The molecule has 0 radical (unpaired) electrons. The van der Waals surface area contributed by atoms with E-state index in [2.05, 4.69) is 17.4 Å². The van der Waals surface area contributed by atoms with Crippen molar-refractivity contribution in [2.75, 3.05) is 13.2 Å². The van der Waals surface area contributed by atoms with Crippen molar-refractivity contribution < 1.29 is 14.3 Å². The summed E-state index contributed by atoms with van der Waals surface area (Å²) in [7, 11) is 0. The van der Waals surface area contributed by atoms with Gasteiger partial charge in [0, 0.05) is 6.54 Å². The van der Waals surface area contributed by atoms with Crippen LogP contribution in [0.3, 0.4) is 0 Å². The Labute approximate surface area is 99.9 Å². The number of hydrogen-bond acceptors (Lipinski definition) is 4. The van der Waals surface area contributed by atoms with Gasteiger partial charge in [0.25, 0.3) is 0 Å². The number of carbonyl (C=O) groups is 1. The molecule has 2 heterocycles. The monoisotopic (exact) mass is 233 g/mol. The number of rotatable bonds is 2. The first-order chi connectivity index (χ1) is 8.33. The van der Waals surface area contributed by atoms with Crippen molar-refractivity contribution >= 4 is 5.97 Å². The van der Waals surface area contributed by atoms with E-state index in [-0.39, 0.29) is 18.1 Å². The number of hydrogen-bond donors (Lipinski definition) is 1. The molecule has 0 amide bonds. The topological polar surface area (TPSA) is 47.6 Å². The number of nitrogens with one attached hydrogen (secondary N) is 1. The van der Waals surface area contributed by atoms with Gasteiger partial charge in [-0.1, -0.05) is 24.3 Å². The molecule has 1 atom stereocenters. The molecule has 0 aliphatic carbocycles. The summed E-state index contributed by atoms with van der Waals surface area (Å²) in [4.78, 5) is 11.9. The van der Waals surface area contributed by atoms with Gasteiger partial charge in [-0.05, 0) is 17.5 Å². The second kappa shape index (κ2) is 4.47. The van der Waals surface area contributed by atoms with E-state index >= 15 is 0 Å². The molecule has 0 aromatic heterocycles. The van der Waals surface area contributed by atoms with Crippen molar-refractivity contribution in [3.8, 4) is 0 Å². The van der Waals surface area contributed by atoms with E-state index in [0.717, 1.165) is 6.54 Å². The largest absolute Gasteiger partial charge is 0.456 e. The summed E-state index contributed by atoms with van der Waals surface area (Å²) in [5, 5.41) is 3.21. The van der Waals surface area contributed by atoms with Gasteiger partial charge in [-0.25, -0.2) is 0 Å². The first kappa shape index (κ1) is 10.7. The Morgan fingerprint density at radius 1 is 1.29 bits per heavy atom. The van der Waals surface area contributed by atoms with Crippen LogP contribution in [0.4, 0.5) is 0 Å². The van der Waals surface area contributed by atoms with Crippen LogP contribution in [0.2, 0.25) is 0 Å². The van der Waals surface area contributed by atoms with Crippen molar-refractivity contribution in [3.05, 3.63) is 35.4 Å². The van der Waals surface area contributed by atoms with Crippen LogP contribution in [-0.4, -0.2) is 31.3 Å². The Hall–Kier alpha value is -1.39. The van der Waals surface area contributed by atoms with Crippen molar-refractivity contribution in [1.82, 2.24) is 5.32 Å². The second-order valence-corrected chi connectivity index (χ2v) is 4.50. The van der Waals surface area contributed by atoms with Crippen LogP contribution in [0, 0.1) is 0 Å². The molecule has 1 saturated heterocycles. The van der Waals surface area contributed by atoms with Gasteiger partial charge in [-0.15, -0.1) is 0 Å². The van der Waals surface area contributed by atoms with Gasteiger partial charge in [0.2, 0.25) is 0 Å². The molecule has 90 valence electrons. The lowest BCUT2D eigenvalue weighted by Gasteiger charge is -2.30.